The number of carbonyl (C=O) groups is 1. The maximum absolute atomic E-state index is 12.2. The van der Waals surface area contributed by atoms with E-state index in [1.54, 1.807) is 19.1 Å². The molecule has 0 aromatic heterocycles. The molecule has 126 valence electrons. The van der Waals surface area contributed by atoms with Gasteiger partial charge in [-0.2, -0.15) is 5.26 Å². The number of esters is 1. The van der Waals surface area contributed by atoms with Crippen LogP contribution in [0.3, 0.4) is 0 Å². The molecule has 0 saturated carbocycles. The molecule has 1 rings (SSSR count). The third-order valence-electron chi connectivity index (χ3n) is 3.04. The molecule has 0 radical (unpaired) electrons. The predicted octanol–water partition coefficient (Wildman–Crippen LogP) is 4.08. The second-order valence-corrected chi connectivity index (χ2v) is 6.30. The number of carbonyl (C=O) groups excluding carboxylic acids is 1. The van der Waals surface area contributed by atoms with Crippen LogP contribution < -0.4 is 9.47 Å². The molecular weight excluding hydrogens is 362 g/mol. The van der Waals surface area contributed by atoms with E-state index in [1.807, 2.05) is 13.0 Å². The molecule has 6 heteroatoms. The second-order valence-electron chi connectivity index (χ2n) is 5.45. The van der Waals surface area contributed by atoms with Gasteiger partial charge >= 0.3 is 5.97 Å². The summed E-state index contributed by atoms with van der Waals surface area (Å²) in [4.78, 5) is 12.2. The number of ether oxygens (including phenoxy) is 3. The van der Waals surface area contributed by atoms with E-state index in [9.17, 15) is 4.79 Å². The molecule has 1 atom stereocenters. The van der Waals surface area contributed by atoms with Crippen LogP contribution >= 0.6 is 15.9 Å². The molecule has 0 spiro atoms. The third-order valence-corrected chi connectivity index (χ3v) is 3.63. The smallest absolute Gasteiger partial charge is 0.340 e. The molecule has 0 bridgehead atoms. The Kier molecular flexibility index (Phi) is 8.07. The molecule has 0 aliphatic rings. The zero-order valence-corrected chi connectivity index (χ0v) is 15.5. The summed E-state index contributed by atoms with van der Waals surface area (Å²) < 4.78 is 16.8. The number of nitriles is 1. The van der Waals surface area contributed by atoms with Crippen molar-refractivity contribution in [2.45, 2.75) is 40.2 Å². The molecule has 0 N–H and O–H groups in total. The number of halogens is 1. The highest BCUT2D eigenvalue weighted by molar-refractivity contribution is 9.10. The Morgan fingerprint density at radius 1 is 1.35 bits per heavy atom. The summed E-state index contributed by atoms with van der Waals surface area (Å²) in [6.07, 6.45) is 0.202. The van der Waals surface area contributed by atoms with E-state index in [1.165, 1.54) is 0 Å². The number of benzene rings is 1. The Morgan fingerprint density at radius 3 is 2.61 bits per heavy atom. The fourth-order valence-corrected chi connectivity index (χ4v) is 2.25. The molecule has 0 fully saturated rings. The minimum Gasteiger partial charge on any atom is -0.490 e. The summed E-state index contributed by atoms with van der Waals surface area (Å²) in [6, 6.07) is 5.15. The first kappa shape index (κ1) is 19.5. The predicted molar refractivity (Wildman–Crippen MR) is 90.5 cm³/mol. The first-order valence-electron chi connectivity index (χ1n) is 7.58. The molecule has 0 aliphatic heterocycles. The second kappa shape index (κ2) is 9.53. The van der Waals surface area contributed by atoms with Crippen molar-refractivity contribution in [3.8, 4) is 17.6 Å². The van der Waals surface area contributed by atoms with Crippen molar-refractivity contribution >= 4 is 21.9 Å². The van der Waals surface area contributed by atoms with Crippen molar-refractivity contribution in [2.75, 3.05) is 13.2 Å². The fourth-order valence-electron chi connectivity index (χ4n) is 1.73. The van der Waals surface area contributed by atoms with Gasteiger partial charge in [0.05, 0.1) is 22.7 Å². The summed E-state index contributed by atoms with van der Waals surface area (Å²) in [7, 11) is 0. The lowest BCUT2D eigenvalue weighted by molar-refractivity contribution is -0.146. The average Bonchev–Trinajstić information content (AvgIpc) is 2.49. The van der Waals surface area contributed by atoms with Crippen LogP contribution in [-0.4, -0.2) is 25.3 Å². The van der Waals surface area contributed by atoms with Crippen molar-refractivity contribution in [3.63, 3.8) is 0 Å². The van der Waals surface area contributed by atoms with Crippen molar-refractivity contribution in [1.29, 1.82) is 5.26 Å². The van der Waals surface area contributed by atoms with Crippen LogP contribution in [0.15, 0.2) is 16.6 Å². The van der Waals surface area contributed by atoms with Gasteiger partial charge in [-0.15, -0.1) is 0 Å². The zero-order valence-electron chi connectivity index (χ0n) is 13.9. The molecule has 1 aromatic rings. The summed E-state index contributed by atoms with van der Waals surface area (Å²) in [5.74, 6) is 0.617. The van der Waals surface area contributed by atoms with E-state index in [2.05, 4.69) is 29.8 Å². The van der Waals surface area contributed by atoms with Gasteiger partial charge in [0.1, 0.15) is 0 Å². The zero-order chi connectivity index (χ0) is 17.4. The largest absolute Gasteiger partial charge is 0.490 e. The Bertz CT molecular complexity index is 581. The van der Waals surface area contributed by atoms with Crippen LogP contribution in [0, 0.1) is 17.2 Å². The number of hydrogen-bond donors (Lipinski definition) is 0. The quantitative estimate of drug-likeness (QED) is 0.499. The molecule has 0 aliphatic carbocycles. The molecule has 0 amide bonds. The van der Waals surface area contributed by atoms with Gasteiger partial charge in [-0.3, -0.25) is 0 Å². The van der Waals surface area contributed by atoms with Gasteiger partial charge in [0.2, 0.25) is 0 Å². The number of rotatable bonds is 8. The highest BCUT2D eigenvalue weighted by Crippen LogP contribution is 2.37. The van der Waals surface area contributed by atoms with Gasteiger partial charge in [-0.1, -0.05) is 13.8 Å². The molecule has 23 heavy (non-hydrogen) atoms. The first-order chi connectivity index (χ1) is 10.9. The normalized spacial score (nSPS) is 11.9. The van der Waals surface area contributed by atoms with Crippen molar-refractivity contribution in [1.82, 2.24) is 0 Å². The number of nitrogens with zero attached hydrogens (tertiary/aromatic N) is 1. The van der Waals surface area contributed by atoms with E-state index in [-0.39, 0.29) is 5.75 Å². The monoisotopic (exact) mass is 383 g/mol. The molecule has 5 nitrogen and oxygen atoms in total. The molecule has 1 aromatic carbocycles. The SMILES string of the molecule is CCOc1cc(C#N)cc(Br)c1OC(=O)C(C)OCCC(C)C. The molecule has 0 saturated heterocycles. The summed E-state index contributed by atoms with van der Waals surface area (Å²) in [5.41, 5.74) is 0.418. The summed E-state index contributed by atoms with van der Waals surface area (Å²) in [5, 5.41) is 9.00. The molecule has 0 heterocycles. The Morgan fingerprint density at radius 2 is 2.04 bits per heavy atom. The molecule has 1 unspecified atom stereocenters. The Labute approximate surface area is 145 Å². The van der Waals surface area contributed by atoms with Crippen LogP contribution in [-0.2, 0) is 9.53 Å². The number of hydrogen-bond acceptors (Lipinski definition) is 5. The van der Waals surface area contributed by atoms with E-state index in [0.717, 1.165) is 6.42 Å². The van der Waals surface area contributed by atoms with Gasteiger partial charge < -0.3 is 14.2 Å². The maximum atomic E-state index is 12.2. The van der Waals surface area contributed by atoms with E-state index in [0.29, 0.717) is 34.9 Å². The van der Waals surface area contributed by atoms with Crippen LogP contribution in [0.5, 0.6) is 11.5 Å². The summed E-state index contributed by atoms with van der Waals surface area (Å²) >= 11 is 3.31. The van der Waals surface area contributed by atoms with Crippen molar-refractivity contribution in [2.24, 2.45) is 5.92 Å². The highest BCUT2D eigenvalue weighted by atomic mass is 79.9. The van der Waals surface area contributed by atoms with Crippen LogP contribution in [0.1, 0.15) is 39.7 Å². The summed E-state index contributed by atoms with van der Waals surface area (Å²) in [6.45, 7) is 8.55. The van der Waals surface area contributed by atoms with Crippen LogP contribution in [0.25, 0.3) is 0 Å². The maximum Gasteiger partial charge on any atom is 0.340 e. The van der Waals surface area contributed by atoms with E-state index < -0.39 is 12.1 Å². The Hall–Kier alpha value is -1.58. The Balaban J connectivity index is 2.82. The first-order valence-corrected chi connectivity index (χ1v) is 8.38. The van der Waals surface area contributed by atoms with E-state index in [4.69, 9.17) is 19.5 Å². The van der Waals surface area contributed by atoms with Crippen LogP contribution in [0.2, 0.25) is 0 Å². The van der Waals surface area contributed by atoms with Crippen molar-refractivity contribution in [3.05, 3.63) is 22.2 Å². The standard InChI is InChI=1S/C17H22BrNO4/c1-5-21-15-9-13(10-19)8-14(18)16(15)23-17(20)12(4)22-7-6-11(2)3/h8-9,11-12H,5-7H2,1-4H3. The lowest BCUT2D eigenvalue weighted by Gasteiger charge is -2.16. The van der Waals surface area contributed by atoms with Gasteiger partial charge in [0.15, 0.2) is 17.6 Å². The fraction of sp³-hybridized carbons (Fsp3) is 0.529. The topological polar surface area (TPSA) is 68.5 Å². The molecular formula is C17H22BrNO4. The van der Waals surface area contributed by atoms with Crippen LogP contribution in [0.4, 0.5) is 0 Å². The van der Waals surface area contributed by atoms with Crippen molar-refractivity contribution < 1.29 is 19.0 Å². The van der Waals surface area contributed by atoms with E-state index >= 15 is 0 Å². The van der Waals surface area contributed by atoms with Gasteiger partial charge in [-0.05, 0) is 48.2 Å². The minimum absolute atomic E-state index is 0.259. The third kappa shape index (κ3) is 6.20. The van der Waals surface area contributed by atoms with Gasteiger partial charge in [0, 0.05) is 12.7 Å². The average molecular weight is 384 g/mol. The van der Waals surface area contributed by atoms with Gasteiger partial charge in [-0.25, -0.2) is 4.79 Å². The van der Waals surface area contributed by atoms with Gasteiger partial charge in [0.25, 0.3) is 0 Å². The minimum atomic E-state index is -0.675. The lowest BCUT2D eigenvalue weighted by Crippen LogP contribution is -2.26. The highest BCUT2D eigenvalue weighted by Gasteiger charge is 2.21. The lowest BCUT2D eigenvalue weighted by atomic mass is 10.1.